The van der Waals surface area contributed by atoms with Crippen molar-refractivity contribution in [1.29, 1.82) is 0 Å². The highest BCUT2D eigenvalue weighted by molar-refractivity contribution is 5.57. The molecule has 1 aliphatic rings. The molecule has 1 atom stereocenters. The fourth-order valence-corrected chi connectivity index (χ4v) is 3.65. The quantitative estimate of drug-likeness (QED) is 0.855. The molecule has 1 heterocycles. The molecular formula is C21H27NO4. The number of hydrogen-bond donors (Lipinski definition) is 1. The van der Waals surface area contributed by atoms with E-state index >= 15 is 0 Å². The Kier molecular flexibility index (Phi) is 5.57. The van der Waals surface area contributed by atoms with Crippen molar-refractivity contribution in [3.63, 3.8) is 0 Å². The van der Waals surface area contributed by atoms with Gasteiger partial charge in [0.2, 0.25) is 0 Å². The Hall–Kier alpha value is -2.40. The van der Waals surface area contributed by atoms with E-state index in [4.69, 9.17) is 18.9 Å². The number of methoxy groups -OCH3 is 3. The molecule has 0 amide bonds. The van der Waals surface area contributed by atoms with Crippen molar-refractivity contribution in [1.82, 2.24) is 5.32 Å². The standard InChI is InChI=1S/C21H27NO4/c1-6-26-21-15-9-10-22-20(14(15)7-8-17(21)23-3)16-12-19(25-5)18(24-4)11-13(16)2/h7-8,11-12,20,22H,6,9-10H2,1-5H3. The van der Waals surface area contributed by atoms with Crippen LogP contribution in [0.1, 0.15) is 35.2 Å². The van der Waals surface area contributed by atoms with Crippen LogP contribution in [0.2, 0.25) is 0 Å². The Balaban J connectivity index is 2.12. The van der Waals surface area contributed by atoms with E-state index in [1.807, 2.05) is 19.1 Å². The van der Waals surface area contributed by atoms with Crippen LogP contribution in [-0.2, 0) is 6.42 Å². The van der Waals surface area contributed by atoms with Gasteiger partial charge in [0.1, 0.15) is 0 Å². The molecule has 2 aromatic rings. The molecule has 26 heavy (non-hydrogen) atoms. The zero-order valence-electron chi connectivity index (χ0n) is 16.1. The maximum Gasteiger partial charge on any atom is 0.164 e. The van der Waals surface area contributed by atoms with E-state index in [-0.39, 0.29) is 6.04 Å². The van der Waals surface area contributed by atoms with E-state index in [2.05, 4.69) is 24.4 Å². The fourth-order valence-electron chi connectivity index (χ4n) is 3.65. The van der Waals surface area contributed by atoms with Crippen molar-refractivity contribution >= 4 is 0 Å². The fraction of sp³-hybridized carbons (Fsp3) is 0.429. The summed E-state index contributed by atoms with van der Waals surface area (Å²) >= 11 is 0. The molecule has 1 unspecified atom stereocenters. The van der Waals surface area contributed by atoms with Gasteiger partial charge in [-0.2, -0.15) is 0 Å². The minimum Gasteiger partial charge on any atom is -0.493 e. The molecule has 5 heteroatoms. The third kappa shape index (κ3) is 3.19. The summed E-state index contributed by atoms with van der Waals surface area (Å²) in [5.74, 6) is 3.13. The smallest absolute Gasteiger partial charge is 0.164 e. The number of rotatable bonds is 6. The van der Waals surface area contributed by atoms with E-state index in [1.165, 1.54) is 16.7 Å². The van der Waals surface area contributed by atoms with Crippen molar-refractivity contribution in [2.75, 3.05) is 34.5 Å². The van der Waals surface area contributed by atoms with Crippen LogP contribution in [0.3, 0.4) is 0 Å². The van der Waals surface area contributed by atoms with Gasteiger partial charge in [-0.25, -0.2) is 0 Å². The van der Waals surface area contributed by atoms with Gasteiger partial charge in [0.15, 0.2) is 23.0 Å². The Labute approximate surface area is 155 Å². The lowest BCUT2D eigenvalue weighted by Gasteiger charge is -2.31. The molecule has 0 bridgehead atoms. The van der Waals surface area contributed by atoms with Gasteiger partial charge in [-0.05, 0) is 55.2 Å². The summed E-state index contributed by atoms with van der Waals surface area (Å²) in [6.45, 7) is 5.58. The van der Waals surface area contributed by atoms with Crippen molar-refractivity contribution in [2.45, 2.75) is 26.3 Å². The van der Waals surface area contributed by atoms with Crippen LogP contribution in [0.4, 0.5) is 0 Å². The van der Waals surface area contributed by atoms with Crippen LogP contribution >= 0.6 is 0 Å². The van der Waals surface area contributed by atoms with E-state index in [0.717, 1.165) is 41.5 Å². The molecule has 2 aromatic carbocycles. The monoisotopic (exact) mass is 357 g/mol. The molecule has 140 valence electrons. The van der Waals surface area contributed by atoms with Gasteiger partial charge in [0.05, 0.1) is 34.0 Å². The highest BCUT2D eigenvalue weighted by Crippen LogP contribution is 2.42. The summed E-state index contributed by atoms with van der Waals surface area (Å²) in [6.07, 6.45) is 0.907. The summed E-state index contributed by atoms with van der Waals surface area (Å²) in [4.78, 5) is 0. The number of hydrogen-bond acceptors (Lipinski definition) is 5. The summed E-state index contributed by atoms with van der Waals surface area (Å²) < 4.78 is 22.4. The maximum atomic E-state index is 5.92. The maximum absolute atomic E-state index is 5.92. The summed E-state index contributed by atoms with van der Waals surface area (Å²) in [6, 6.07) is 8.27. The summed E-state index contributed by atoms with van der Waals surface area (Å²) in [5.41, 5.74) is 4.76. The van der Waals surface area contributed by atoms with Crippen molar-refractivity contribution in [3.05, 3.63) is 46.5 Å². The Morgan fingerprint density at radius 3 is 2.31 bits per heavy atom. The molecule has 0 fully saturated rings. The lowest BCUT2D eigenvalue weighted by atomic mass is 9.87. The number of fused-ring (bicyclic) bond motifs is 1. The first-order chi connectivity index (χ1) is 12.6. The van der Waals surface area contributed by atoms with E-state index < -0.39 is 0 Å². The third-order valence-electron chi connectivity index (χ3n) is 4.89. The van der Waals surface area contributed by atoms with Crippen molar-refractivity contribution in [2.24, 2.45) is 0 Å². The molecule has 5 nitrogen and oxygen atoms in total. The summed E-state index contributed by atoms with van der Waals surface area (Å²) in [5, 5.41) is 3.64. The Morgan fingerprint density at radius 1 is 0.962 bits per heavy atom. The molecular weight excluding hydrogens is 330 g/mol. The van der Waals surface area contributed by atoms with Crippen LogP contribution < -0.4 is 24.3 Å². The van der Waals surface area contributed by atoms with Crippen LogP contribution in [-0.4, -0.2) is 34.5 Å². The van der Waals surface area contributed by atoms with Gasteiger partial charge in [0.25, 0.3) is 0 Å². The van der Waals surface area contributed by atoms with E-state index in [1.54, 1.807) is 21.3 Å². The predicted molar refractivity (Wildman–Crippen MR) is 102 cm³/mol. The van der Waals surface area contributed by atoms with Crippen LogP contribution in [0.25, 0.3) is 0 Å². The number of nitrogens with one attached hydrogen (secondary N) is 1. The second kappa shape index (κ2) is 7.87. The first-order valence-electron chi connectivity index (χ1n) is 8.93. The number of aryl methyl sites for hydroxylation is 1. The van der Waals surface area contributed by atoms with Crippen molar-refractivity contribution < 1.29 is 18.9 Å². The van der Waals surface area contributed by atoms with Crippen LogP contribution in [0.15, 0.2) is 24.3 Å². The lowest BCUT2D eigenvalue weighted by molar-refractivity contribution is 0.305. The molecule has 3 rings (SSSR count). The second-order valence-corrected chi connectivity index (χ2v) is 6.30. The van der Waals surface area contributed by atoms with Gasteiger partial charge in [-0.3, -0.25) is 0 Å². The third-order valence-corrected chi connectivity index (χ3v) is 4.89. The first-order valence-corrected chi connectivity index (χ1v) is 8.93. The number of benzene rings is 2. The number of ether oxygens (including phenoxy) is 4. The minimum absolute atomic E-state index is 0.0728. The van der Waals surface area contributed by atoms with Crippen molar-refractivity contribution in [3.8, 4) is 23.0 Å². The SMILES string of the molecule is CCOc1c(OC)ccc2c1CCNC2c1cc(OC)c(OC)cc1C. The average molecular weight is 357 g/mol. The molecule has 0 aromatic heterocycles. The molecule has 0 spiro atoms. The highest BCUT2D eigenvalue weighted by Gasteiger charge is 2.28. The largest absolute Gasteiger partial charge is 0.493 e. The minimum atomic E-state index is 0.0728. The zero-order valence-corrected chi connectivity index (χ0v) is 16.1. The molecule has 0 radical (unpaired) electrons. The summed E-state index contributed by atoms with van der Waals surface area (Å²) in [7, 11) is 5.00. The normalized spacial score (nSPS) is 16.0. The van der Waals surface area contributed by atoms with Crippen LogP contribution in [0, 0.1) is 6.92 Å². The Bertz CT molecular complexity index is 788. The van der Waals surface area contributed by atoms with Crippen LogP contribution in [0.5, 0.6) is 23.0 Å². The molecule has 0 saturated heterocycles. The first kappa shape index (κ1) is 18.4. The average Bonchev–Trinajstić information content (AvgIpc) is 2.67. The highest BCUT2D eigenvalue weighted by atomic mass is 16.5. The van der Waals surface area contributed by atoms with Gasteiger partial charge in [-0.15, -0.1) is 0 Å². The molecule has 1 aliphatic heterocycles. The topological polar surface area (TPSA) is 49.0 Å². The zero-order chi connectivity index (χ0) is 18.7. The predicted octanol–water partition coefficient (Wildman–Crippen LogP) is 3.65. The molecule has 0 saturated carbocycles. The van der Waals surface area contributed by atoms with E-state index in [0.29, 0.717) is 6.61 Å². The van der Waals surface area contributed by atoms with Gasteiger partial charge >= 0.3 is 0 Å². The Morgan fingerprint density at radius 2 is 1.65 bits per heavy atom. The molecule has 0 aliphatic carbocycles. The van der Waals surface area contributed by atoms with Gasteiger partial charge in [0, 0.05) is 12.1 Å². The van der Waals surface area contributed by atoms with E-state index in [9.17, 15) is 0 Å². The lowest BCUT2D eigenvalue weighted by Crippen LogP contribution is -2.31. The molecule has 1 N–H and O–H groups in total. The van der Waals surface area contributed by atoms with Gasteiger partial charge in [-0.1, -0.05) is 6.07 Å². The van der Waals surface area contributed by atoms with Gasteiger partial charge < -0.3 is 24.3 Å². The second-order valence-electron chi connectivity index (χ2n) is 6.30.